The summed E-state index contributed by atoms with van der Waals surface area (Å²) in [6.45, 7) is 0.782. The minimum absolute atomic E-state index is 0.449. The lowest BCUT2D eigenvalue weighted by molar-refractivity contribution is 0.415. The molecule has 0 amide bonds. The minimum atomic E-state index is 0.449. The van der Waals surface area contributed by atoms with Crippen molar-refractivity contribution in [3.8, 4) is 5.75 Å². The highest BCUT2D eigenvalue weighted by atomic mass is 16.5. The van der Waals surface area contributed by atoms with E-state index in [1.54, 1.807) is 13.3 Å². The number of nitrogens with zero attached hydrogens (tertiary/aromatic N) is 3. The van der Waals surface area contributed by atoms with Crippen LogP contribution in [-0.2, 0) is 6.42 Å². The average Bonchev–Trinajstić information content (AvgIpc) is 2.64. The highest BCUT2D eigenvalue weighted by Gasteiger charge is 2.02. The van der Waals surface area contributed by atoms with Crippen molar-refractivity contribution < 1.29 is 4.74 Å². The Labute approximate surface area is 140 Å². The fraction of sp³-hybridized carbons (Fsp3) is 0.167. The fourth-order valence-electron chi connectivity index (χ4n) is 2.22. The molecule has 0 aliphatic rings. The van der Waals surface area contributed by atoms with Gasteiger partial charge in [-0.3, -0.25) is 0 Å². The van der Waals surface area contributed by atoms with Gasteiger partial charge < -0.3 is 15.4 Å². The third-order valence-electron chi connectivity index (χ3n) is 3.47. The molecule has 2 aromatic carbocycles. The number of nitrogens with one attached hydrogen (secondary N) is 2. The van der Waals surface area contributed by atoms with Crippen LogP contribution in [0.25, 0.3) is 0 Å². The zero-order chi connectivity index (χ0) is 16.6. The van der Waals surface area contributed by atoms with Gasteiger partial charge in [0.05, 0.1) is 13.3 Å². The van der Waals surface area contributed by atoms with Gasteiger partial charge in [0.15, 0.2) is 5.82 Å². The summed E-state index contributed by atoms with van der Waals surface area (Å²) in [5, 5.41) is 14.4. The third kappa shape index (κ3) is 4.42. The lowest BCUT2D eigenvalue weighted by Gasteiger charge is -2.08. The van der Waals surface area contributed by atoms with E-state index < -0.39 is 0 Å². The van der Waals surface area contributed by atoms with Crippen molar-refractivity contribution in [2.45, 2.75) is 6.42 Å². The Morgan fingerprint density at radius 3 is 2.54 bits per heavy atom. The molecule has 0 unspecified atom stereocenters. The average molecular weight is 321 g/mol. The Bertz CT molecular complexity index is 762. The standard InChI is InChI=1S/C18H19N5O/c1-24-16-9-7-15(8-10-16)21-18-22-17(13-20-23-18)19-12-11-14-5-3-2-4-6-14/h2-10,13H,11-12H2,1H3,(H2,19,21,22,23). The van der Waals surface area contributed by atoms with Crippen molar-refractivity contribution in [3.05, 3.63) is 66.4 Å². The first-order valence-corrected chi connectivity index (χ1v) is 7.72. The van der Waals surface area contributed by atoms with E-state index in [1.807, 2.05) is 42.5 Å². The predicted octanol–water partition coefficient (Wildman–Crippen LogP) is 3.28. The molecular formula is C18H19N5O. The van der Waals surface area contributed by atoms with Crippen LogP contribution in [0.1, 0.15) is 5.56 Å². The van der Waals surface area contributed by atoms with Crippen LogP contribution in [0.5, 0.6) is 5.75 Å². The topological polar surface area (TPSA) is 72.0 Å². The van der Waals surface area contributed by atoms with Gasteiger partial charge in [-0.25, -0.2) is 0 Å². The Morgan fingerprint density at radius 1 is 1.00 bits per heavy atom. The highest BCUT2D eigenvalue weighted by molar-refractivity contribution is 5.55. The molecular weight excluding hydrogens is 302 g/mol. The molecule has 1 aromatic heterocycles. The molecule has 3 aromatic rings. The molecule has 122 valence electrons. The molecule has 0 radical (unpaired) electrons. The molecule has 6 heteroatoms. The summed E-state index contributed by atoms with van der Waals surface area (Å²) in [5.41, 5.74) is 2.16. The molecule has 6 nitrogen and oxygen atoms in total. The molecule has 0 aliphatic heterocycles. The quantitative estimate of drug-likeness (QED) is 0.696. The molecule has 24 heavy (non-hydrogen) atoms. The second-order valence-electron chi connectivity index (χ2n) is 5.18. The summed E-state index contributed by atoms with van der Waals surface area (Å²) < 4.78 is 5.14. The van der Waals surface area contributed by atoms with E-state index in [-0.39, 0.29) is 0 Å². The number of hydrogen-bond donors (Lipinski definition) is 2. The van der Waals surface area contributed by atoms with E-state index in [0.29, 0.717) is 11.8 Å². The van der Waals surface area contributed by atoms with Gasteiger partial charge >= 0.3 is 0 Å². The van der Waals surface area contributed by atoms with Crippen LogP contribution in [0.2, 0.25) is 0 Å². The Kier molecular flexibility index (Phi) is 5.19. The molecule has 0 aliphatic carbocycles. The number of methoxy groups -OCH3 is 1. The molecule has 1 heterocycles. The Hall–Kier alpha value is -3.15. The first-order valence-electron chi connectivity index (χ1n) is 7.72. The number of rotatable bonds is 7. The second kappa shape index (κ2) is 7.92. The summed E-state index contributed by atoms with van der Waals surface area (Å²) in [6, 6.07) is 17.9. The zero-order valence-electron chi connectivity index (χ0n) is 13.4. The lowest BCUT2D eigenvalue weighted by atomic mass is 10.1. The van der Waals surface area contributed by atoms with Gasteiger partial charge in [-0.15, -0.1) is 5.10 Å². The number of anilines is 3. The molecule has 2 N–H and O–H groups in total. The van der Waals surface area contributed by atoms with Crippen molar-refractivity contribution >= 4 is 17.5 Å². The van der Waals surface area contributed by atoms with Crippen molar-refractivity contribution in [1.29, 1.82) is 0 Å². The summed E-state index contributed by atoms with van der Waals surface area (Å²) in [7, 11) is 1.64. The van der Waals surface area contributed by atoms with Crippen LogP contribution in [0.15, 0.2) is 60.8 Å². The maximum absolute atomic E-state index is 5.14. The fourth-order valence-corrected chi connectivity index (χ4v) is 2.22. The van der Waals surface area contributed by atoms with Crippen molar-refractivity contribution in [2.75, 3.05) is 24.3 Å². The van der Waals surface area contributed by atoms with Gasteiger partial charge in [-0.1, -0.05) is 30.3 Å². The predicted molar refractivity (Wildman–Crippen MR) is 94.7 cm³/mol. The molecule has 0 fully saturated rings. The van der Waals surface area contributed by atoms with E-state index >= 15 is 0 Å². The number of hydrogen-bond acceptors (Lipinski definition) is 6. The van der Waals surface area contributed by atoms with Crippen molar-refractivity contribution in [2.24, 2.45) is 0 Å². The van der Waals surface area contributed by atoms with E-state index in [1.165, 1.54) is 5.56 Å². The van der Waals surface area contributed by atoms with E-state index in [0.717, 1.165) is 24.4 Å². The first kappa shape index (κ1) is 15.7. The minimum Gasteiger partial charge on any atom is -0.497 e. The van der Waals surface area contributed by atoms with Gasteiger partial charge in [-0.05, 0) is 36.2 Å². The zero-order valence-corrected chi connectivity index (χ0v) is 13.4. The monoisotopic (exact) mass is 321 g/mol. The smallest absolute Gasteiger partial charge is 0.249 e. The van der Waals surface area contributed by atoms with Gasteiger partial charge in [-0.2, -0.15) is 10.1 Å². The van der Waals surface area contributed by atoms with Crippen molar-refractivity contribution in [3.63, 3.8) is 0 Å². The van der Waals surface area contributed by atoms with Crippen molar-refractivity contribution in [1.82, 2.24) is 15.2 Å². The van der Waals surface area contributed by atoms with E-state index in [4.69, 9.17) is 4.74 Å². The molecule has 0 saturated heterocycles. The molecule has 0 saturated carbocycles. The number of benzene rings is 2. The SMILES string of the molecule is COc1ccc(Nc2nncc(NCCc3ccccc3)n2)cc1. The second-order valence-corrected chi connectivity index (χ2v) is 5.18. The highest BCUT2D eigenvalue weighted by Crippen LogP contribution is 2.18. The Balaban J connectivity index is 1.57. The summed E-state index contributed by atoms with van der Waals surface area (Å²) in [6.07, 6.45) is 2.54. The van der Waals surface area contributed by atoms with Crippen LogP contribution < -0.4 is 15.4 Å². The van der Waals surface area contributed by atoms with Gasteiger partial charge in [0.1, 0.15) is 5.75 Å². The number of ether oxygens (including phenoxy) is 1. The van der Waals surface area contributed by atoms with Crippen LogP contribution in [0.3, 0.4) is 0 Å². The molecule has 3 rings (SSSR count). The lowest BCUT2D eigenvalue weighted by Crippen LogP contribution is -2.08. The number of aromatic nitrogens is 3. The summed E-state index contributed by atoms with van der Waals surface area (Å²) >= 11 is 0. The van der Waals surface area contributed by atoms with E-state index in [9.17, 15) is 0 Å². The first-order chi connectivity index (χ1) is 11.8. The van der Waals surface area contributed by atoms with Gasteiger partial charge in [0, 0.05) is 12.2 Å². The Morgan fingerprint density at radius 2 is 1.79 bits per heavy atom. The molecule has 0 atom stereocenters. The van der Waals surface area contributed by atoms with Gasteiger partial charge in [0.2, 0.25) is 5.95 Å². The summed E-state index contributed by atoms with van der Waals surface area (Å²) in [5.74, 6) is 1.94. The van der Waals surface area contributed by atoms with Crippen LogP contribution in [-0.4, -0.2) is 28.8 Å². The largest absolute Gasteiger partial charge is 0.497 e. The van der Waals surface area contributed by atoms with E-state index in [2.05, 4.69) is 37.9 Å². The van der Waals surface area contributed by atoms with Gasteiger partial charge in [0.25, 0.3) is 0 Å². The maximum atomic E-state index is 5.14. The van der Waals surface area contributed by atoms with Crippen LogP contribution >= 0.6 is 0 Å². The maximum Gasteiger partial charge on any atom is 0.249 e. The molecule has 0 bridgehead atoms. The molecule has 0 spiro atoms. The van der Waals surface area contributed by atoms with Crippen LogP contribution in [0, 0.1) is 0 Å². The third-order valence-corrected chi connectivity index (χ3v) is 3.47. The summed E-state index contributed by atoms with van der Waals surface area (Å²) in [4.78, 5) is 4.41. The normalized spacial score (nSPS) is 10.2. The van der Waals surface area contributed by atoms with Crippen LogP contribution in [0.4, 0.5) is 17.5 Å².